The largest absolute Gasteiger partial charge is 0.396 e. The average molecular weight is 188 g/mol. The molecule has 0 aliphatic heterocycles. The lowest BCUT2D eigenvalue weighted by molar-refractivity contribution is 0.274. The van der Waals surface area contributed by atoms with Crippen LogP contribution in [-0.2, 0) is 0 Å². The number of allylic oxidation sites excluding steroid dienone is 4. The van der Waals surface area contributed by atoms with Gasteiger partial charge in [0, 0.05) is 6.61 Å². The third-order valence-electron chi connectivity index (χ3n) is 1.69. The standard InChI is InChI=1S/C13H16O/c1-4-6-7-13(5-2)9-8-12(3)10-11-14/h2,4,6,8-9,12,14H,1,10-11H2,3H3/b9-8-. The van der Waals surface area contributed by atoms with Gasteiger partial charge < -0.3 is 5.11 Å². The first-order chi connectivity index (χ1) is 6.74. The molecule has 0 amide bonds. The molecule has 1 atom stereocenters. The molecule has 0 heterocycles. The number of terminal acetylenes is 1. The molecule has 0 rings (SSSR count). The summed E-state index contributed by atoms with van der Waals surface area (Å²) in [6.07, 6.45) is 13.1. The smallest absolute Gasteiger partial charge is 0.0657 e. The Labute approximate surface area is 86.2 Å². The average Bonchev–Trinajstić information content (AvgIpc) is 2.19. The summed E-state index contributed by atoms with van der Waals surface area (Å²) in [6.45, 7) is 5.76. The molecule has 1 unspecified atom stereocenters. The minimum atomic E-state index is 0.198. The highest BCUT2D eigenvalue weighted by atomic mass is 16.2. The summed E-state index contributed by atoms with van der Waals surface area (Å²) in [5, 5.41) is 8.68. The Morgan fingerprint density at radius 1 is 1.64 bits per heavy atom. The van der Waals surface area contributed by atoms with Gasteiger partial charge in [-0.25, -0.2) is 0 Å². The molecular formula is C13H16O. The summed E-state index contributed by atoms with van der Waals surface area (Å²) in [4.78, 5) is 0. The second kappa shape index (κ2) is 8.13. The Kier molecular flexibility index (Phi) is 7.27. The van der Waals surface area contributed by atoms with Gasteiger partial charge in [0.15, 0.2) is 0 Å². The monoisotopic (exact) mass is 188 g/mol. The maximum Gasteiger partial charge on any atom is 0.0657 e. The molecule has 0 fully saturated rings. The number of hydrogen-bond acceptors (Lipinski definition) is 1. The van der Waals surface area contributed by atoms with Gasteiger partial charge in [-0.15, -0.1) is 12.2 Å². The zero-order chi connectivity index (χ0) is 10.8. The molecule has 0 aromatic rings. The van der Waals surface area contributed by atoms with E-state index < -0.39 is 0 Å². The third kappa shape index (κ3) is 6.08. The van der Waals surface area contributed by atoms with Gasteiger partial charge in [-0.05, 0) is 24.5 Å². The number of aliphatic hydroxyl groups excluding tert-OH is 1. The number of hydrogen-bond donors (Lipinski definition) is 1. The van der Waals surface area contributed by atoms with Crippen LogP contribution < -0.4 is 0 Å². The van der Waals surface area contributed by atoms with Crippen LogP contribution in [0.1, 0.15) is 13.3 Å². The Morgan fingerprint density at radius 2 is 2.36 bits per heavy atom. The molecule has 74 valence electrons. The first kappa shape index (κ1) is 12.5. The van der Waals surface area contributed by atoms with Crippen LogP contribution in [0.4, 0.5) is 0 Å². The van der Waals surface area contributed by atoms with Crippen LogP contribution in [0.5, 0.6) is 0 Å². The minimum Gasteiger partial charge on any atom is -0.396 e. The van der Waals surface area contributed by atoms with Crippen LogP contribution in [0.3, 0.4) is 0 Å². The van der Waals surface area contributed by atoms with Crippen molar-refractivity contribution in [3.63, 3.8) is 0 Å². The van der Waals surface area contributed by atoms with E-state index in [0.29, 0.717) is 11.5 Å². The summed E-state index contributed by atoms with van der Waals surface area (Å²) in [5.41, 5.74) is 3.59. The fraction of sp³-hybridized carbons (Fsp3) is 0.308. The van der Waals surface area contributed by atoms with Crippen LogP contribution >= 0.6 is 0 Å². The van der Waals surface area contributed by atoms with Crippen LogP contribution in [-0.4, -0.2) is 11.7 Å². The van der Waals surface area contributed by atoms with Crippen molar-refractivity contribution < 1.29 is 5.11 Å². The molecule has 0 aromatic carbocycles. The highest BCUT2D eigenvalue weighted by Crippen LogP contribution is 2.04. The molecule has 0 bridgehead atoms. The van der Waals surface area contributed by atoms with Crippen LogP contribution in [0, 0.1) is 18.3 Å². The van der Waals surface area contributed by atoms with E-state index in [-0.39, 0.29) is 6.61 Å². The van der Waals surface area contributed by atoms with E-state index in [4.69, 9.17) is 11.5 Å². The van der Waals surface area contributed by atoms with Crippen LogP contribution in [0.15, 0.2) is 42.2 Å². The summed E-state index contributed by atoms with van der Waals surface area (Å²) in [5.74, 6) is 2.84. The third-order valence-corrected chi connectivity index (χ3v) is 1.69. The molecule has 0 aliphatic rings. The van der Waals surface area contributed by atoms with E-state index in [9.17, 15) is 0 Å². The molecule has 14 heavy (non-hydrogen) atoms. The normalized spacial score (nSPS) is 11.5. The zero-order valence-corrected chi connectivity index (χ0v) is 8.53. The van der Waals surface area contributed by atoms with E-state index in [0.717, 1.165) is 6.42 Å². The fourth-order valence-corrected chi connectivity index (χ4v) is 0.847. The van der Waals surface area contributed by atoms with E-state index in [1.165, 1.54) is 0 Å². The topological polar surface area (TPSA) is 20.2 Å². The van der Waals surface area contributed by atoms with Crippen molar-refractivity contribution in [1.82, 2.24) is 0 Å². The van der Waals surface area contributed by atoms with Crippen molar-refractivity contribution in [2.45, 2.75) is 13.3 Å². The Bertz CT molecular complexity index is 296. The van der Waals surface area contributed by atoms with Crippen molar-refractivity contribution in [1.29, 1.82) is 0 Å². The SMILES string of the molecule is C#CC(=C=CC=C)/C=C\C(C)CCO. The van der Waals surface area contributed by atoms with E-state index in [1.807, 2.05) is 19.1 Å². The van der Waals surface area contributed by atoms with Gasteiger partial charge in [-0.3, -0.25) is 0 Å². The van der Waals surface area contributed by atoms with E-state index >= 15 is 0 Å². The first-order valence-electron chi connectivity index (χ1n) is 4.58. The molecular weight excluding hydrogens is 172 g/mol. The van der Waals surface area contributed by atoms with Crippen molar-refractivity contribution in [3.8, 4) is 12.3 Å². The lowest BCUT2D eigenvalue weighted by atomic mass is 10.1. The lowest BCUT2D eigenvalue weighted by Crippen LogP contribution is -1.93. The maximum atomic E-state index is 8.68. The molecule has 1 N–H and O–H groups in total. The summed E-state index contributed by atoms with van der Waals surface area (Å²) < 4.78 is 0. The van der Waals surface area contributed by atoms with Gasteiger partial charge in [0.2, 0.25) is 0 Å². The molecule has 0 aliphatic carbocycles. The van der Waals surface area contributed by atoms with E-state index in [2.05, 4.69) is 18.2 Å². The van der Waals surface area contributed by atoms with Gasteiger partial charge in [0.05, 0.1) is 5.57 Å². The van der Waals surface area contributed by atoms with Gasteiger partial charge in [-0.1, -0.05) is 31.6 Å². The highest BCUT2D eigenvalue weighted by molar-refractivity contribution is 5.36. The minimum absolute atomic E-state index is 0.198. The first-order valence-corrected chi connectivity index (χ1v) is 4.58. The highest BCUT2D eigenvalue weighted by Gasteiger charge is 1.94. The Hall–Kier alpha value is -1.48. The molecule has 1 nitrogen and oxygen atoms in total. The molecule has 0 aromatic heterocycles. The van der Waals surface area contributed by atoms with E-state index in [1.54, 1.807) is 12.2 Å². The molecule has 0 saturated heterocycles. The van der Waals surface area contributed by atoms with Gasteiger partial charge in [0.1, 0.15) is 0 Å². The van der Waals surface area contributed by atoms with Gasteiger partial charge >= 0.3 is 0 Å². The maximum absolute atomic E-state index is 8.68. The van der Waals surface area contributed by atoms with Crippen LogP contribution in [0.25, 0.3) is 0 Å². The summed E-state index contributed by atoms with van der Waals surface area (Å²) in [6, 6.07) is 0. The van der Waals surface area contributed by atoms with Gasteiger partial charge in [-0.2, -0.15) is 0 Å². The predicted molar refractivity (Wildman–Crippen MR) is 60.6 cm³/mol. The van der Waals surface area contributed by atoms with Crippen LogP contribution in [0.2, 0.25) is 0 Å². The molecule has 0 spiro atoms. The lowest BCUT2D eigenvalue weighted by Gasteiger charge is -2.00. The second-order valence-corrected chi connectivity index (χ2v) is 2.95. The Balaban J connectivity index is 4.41. The summed E-state index contributed by atoms with van der Waals surface area (Å²) >= 11 is 0. The Morgan fingerprint density at radius 3 is 2.86 bits per heavy atom. The van der Waals surface area contributed by atoms with Crippen molar-refractivity contribution in [2.24, 2.45) is 5.92 Å². The number of rotatable bonds is 5. The zero-order valence-electron chi connectivity index (χ0n) is 8.53. The summed E-state index contributed by atoms with van der Waals surface area (Å²) in [7, 11) is 0. The molecule has 1 heteroatoms. The second-order valence-electron chi connectivity index (χ2n) is 2.95. The fourth-order valence-electron chi connectivity index (χ4n) is 0.847. The predicted octanol–water partition coefficient (Wildman–Crippen LogP) is 2.46. The van der Waals surface area contributed by atoms with Crippen molar-refractivity contribution in [3.05, 3.63) is 42.2 Å². The quantitative estimate of drug-likeness (QED) is 0.399. The number of aliphatic hydroxyl groups is 1. The molecule has 0 saturated carbocycles. The van der Waals surface area contributed by atoms with Crippen molar-refractivity contribution >= 4 is 0 Å². The van der Waals surface area contributed by atoms with Gasteiger partial charge in [0.25, 0.3) is 0 Å². The van der Waals surface area contributed by atoms with Crippen molar-refractivity contribution in [2.75, 3.05) is 6.61 Å². The molecule has 0 radical (unpaired) electrons.